The van der Waals surface area contributed by atoms with Crippen molar-refractivity contribution in [3.63, 3.8) is 0 Å². The first-order valence-corrected chi connectivity index (χ1v) is 9.51. The van der Waals surface area contributed by atoms with Gasteiger partial charge in [0.15, 0.2) is 5.13 Å². The minimum atomic E-state index is -0.325. The lowest BCUT2D eigenvalue weighted by Crippen LogP contribution is -2.31. The summed E-state index contributed by atoms with van der Waals surface area (Å²) in [7, 11) is 0. The molecule has 134 valence electrons. The Labute approximate surface area is 162 Å². The van der Waals surface area contributed by atoms with E-state index in [-0.39, 0.29) is 36.3 Å². The maximum Gasteiger partial charge on any atom is 0.266 e. The SMILES string of the molecule is O=C(CCN1C(=O)/C(=C/c2ccc(O)cc2O)SC1=S)Nc1nccs1. The predicted molar refractivity (Wildman–Crippen MR) is 105 cm³/mol. The maximum absolute atomic E-state index is 12.5. The Balaban J connectivity index is 1.65. The van der Waals surface area contributed by atoms with Crippen LogP contribution in [0.2, 0.25) is 0 Å². The number of thiazole rings is 1. The molecule has 0 saturated carbocycles. The third-order valence-corrected chi connectivity index (χ3v) is 5.48. The highest BCUT2D eigenvalue weighted by atomic mass is 32.2. The number of benzene rings is 1. The second-order valence-electron chi connectivity index (χ2n) is 5.21. The van der Waals surface area contributed by atoms with Crippen LogP contribution in [0.5, 0.6) is 11.5 Å². The van der Waals surface area contributed by atoms with E-state index >= 15 is 0 Å². The van der Waals surface area contributed by atoms with Gasteiger partial charge in [0.2, 0.25) is 5.91 Å². The number of anilines is 1. The fraction of sp³-hybridized carbons (Fsp3) is 0.125. The van der Waals surface area contributed by atoms with Crippen LogP contribution in [0.15, 0.2) is 34.7 Å². The zero-order valence-corrected chi connectivity index (χ0v) is 15.7. The number of thiocarbonyl (C=S) groups is 1. The van der Waals surface area contributed by atoms with E-state index in [9.17, 15) is 19.8 Å². The molecule has 1 aliphatic heterocycles. The van der Waals surface area contributed by atoms with Crippen LogP contribution in [0.3, 0.4) is 0 Å². The predicted octanol–water partition coefficient (Wildman–Crippen LogP) is 2.78. The summed E-state index contributed by atoms with van der Waals surface area (Å²) < 4.78 is 0.349. The molecule has 0 atom stereocenters. The van der Waals surface area contributed by atoms with Gasteiger partial charge in [-0.2, -0.15) is 0 Å². The fourth-order valence-corrected chi connectivity index (χ4v) is 4.01. The number of phenolic OH excluding ortho intramolecular Hbond substituents is 2. The number of thioether (sulfide) groups is 1. The molecule has 3 N–H and O–H groups in total. The molecule has 2 amide bonds. The van der Waals surface area contributed by atoms with Crippen LogP contribution in [0.4, 0.5) is 5.13 Å². The number of aromatic hydroxyl groups is 2. The highest BCUT2D eigenvalue weighted by molar-refractivity contribution is 8.26. The van der Waals surface area contributed by atoms with Crippen molar-refractivity contribution in [2.75, 3.05) is 11.9 Å². The lowest BCUT2D eigenvalue weighted by Gasteiger charge is -2.13. The number of amides is 2. The molecule has 10 heteroatoms. The summed E-state index contributed by atoms with van der Waals surface area (Å²) in [6.45, 7) is 0.154. The zero-order chi connectivity index (χ0) is 18.7. The molecule has 3 rings (SSSR count). The van der Waals surface area contributed by atoms with Crippen molar-refractivity contribution >= 4 is 62.7 Å². The summed E-state index contributed by atoms with van der Waals surface area (Å²) >= 11 is 7.63. The van der Waals surface area contributed by atoms with Gasteiger partial charge in [0.25, 0.3) is 5.91 Å². The Kier molecular flexibility index (Phi) is 5.55. The van der Waals surface area contributed by atoms with E-state index in [4.69, 9.17) is 12.2 Å². The summed E-state index contributed by atoms with van der Waals surface area (Å²) in [6, 6.07) is 4.10. The molecule has 0 bridgehead atoms. The standard InChI is InChI=1S/C16H13N3O4S3/c20-10-2-1-9(11(21)8-10)7-12-14(23)19(16(24)26-12)5-3-13(22)18-15-17-4-6-25-15/h1-2,4,6-8,20-21H,3,5H2,(H,17,18,22)/b12-7-. The van der Waals surface area contributed by atoms with Gasteiger partial charge in [-0.3, -0.25) is 14.5 Å². The normalized spacial score (nSPS) is 15.7. The second kappa shape index (κ2) is 7.85. The van der Waals surface area contributed by atoms with Crippen molar-refractivity contribution < 1.29 is 19.8 Å². The van der Waals surface area contributed by atoms with Gasteiger partial charge in [-0.25, -0.2) is 4.98 Å². The third kappa shape index (κ3) is 4.21. The van der Waals surface area contributed by atoms with Gasteiger partial charge in [0.1, 0.15) is 15.8 Å². The highest BCUT2D eigenvalue weighted by Gasteiger charge is 2.32. The number of phenols is 2. The van der Waals surface area contributed by atoms with Crippen LogP contribution in [0, 0.1) is 0 Å². The average Bonchev–Trinajstić information content (AvgIpc) is 3.17. The van der Waals surface area contributed by atoms with E-state index in [1.165, 1.54) is 40.5 Å². The Hall–Kier alpha value is -2.43. The number of rotatable bonds is 5. The van der Waals surface area contributed by atoms with Crippen LogP contribution in [0.25, 0.3) is 6.08 Å². The lowest BCUT2D eigenvalue weighted by atomic mass is 10.1. The van der Waals surface area contributed by atoms with Crippen LogP contribution >= 0.6 is 35.3 Å². The molecule has 0 aliphatic carbocycles. The number of nitrogens with one attached hydrogen (secondary N) is 1. The molecule has 1 aromatic heterocycles. The average molecular weight is 407 g/mol. The number of carbonyl (C=O) groups is 2. The lowest BCUT2D eigenvalue weighted by molar-refractivity contribution is -0.122. The maximum atomic E-state index is 12.5. The fourth-order valence-electron chi connectivity index (χ4n) is 2.17. The third-order valence-electron chi connectivity index (χ3n) is 3.42. The van der Waals surface area contributed by atoms with E-state index in [1.54, 1.807) is 11.6 Å². The molecule has 0 spiro atoms. The minimum absolute atomic E-state index is 0.0709. The van der Waals surface area contributed by atoms with Gasteiger partial charge in [-0.1, -0.05) is 24.0 Å². The Morgan fingerprint density at radius 1 is 1.38 bits per heavy atom. The molecule has 0 radical (unpaired) electrons. The molecule has 2 heterocycles. The number of carbonyl (C=O) groups excluding carboxylic acids is 2. The molecule has 1 fully saturated rings. The Morgan fingerprint density at radius 3 is 2.88 bits per heavy atom. The molecule has 1 aliphatic rings. The Morgan fingerprint density at radius 2 is 2.19 bits per heavy atom. The first-order chi connectivity index (χ1) is 12.4. The minimum Gasteiger partial charge on any atom is -0.508 e. The number of aromatic nitrogens is 1. The van der Waals surface area contributed by atoms with Crippen LogP contribution in [0.1, 0.15) is 12.0 Å². The van der Waals surface area contributed by atoms with E-state index < -0.39 is 0 Å². The number of nitrogens with zero attached hydrogens (tertiary/aromatic N) is 2. The van der Waals surface area contributed by atoms with Crippen molar-refractivity contribution in [2.24, 2.45) is 0 Å². The zero-order valence-electron chi connectivity index (χ0n) is 13.2. The molecular formula is C16H13N3O4S3. The van der Waals surface area contributed by atoms with Gasteiger partial charge in [0.05, 0.1) is 4.91 Å². The topological polar surface area (TPSA) is 103 Å². The van der Waals surface area contributed by atoms with Crippen LogP contribution < -0.4 is 5.32 Å². The van der Waals surface area contributed by atoms with Gasteiger partial charge < -0.3 is 15.5 Å². The van der Waals surface area contributed by atoms with E-state index in [2.05, 4.69) is 10.3 Å². The van der Waals surface area contributed by atoms with Crippen molar-refractivity contribution in [1.82, 2.24) is 9.88 Å². The number of hydrogen-bond donors (Lipinski definition) is 3. The summed E-state index contributed by atoms with van der Waals surface area (Å²) in [5, 5.41) is 24.1. The molecule has 1 aromatic carbocycles. The molecular weight excluding hydrogens is 394 g/mol. The Bertz CT molecular complexity index is 896. The van der Waals surface area contributed by atoms with Crippen LogP contribution in [-0.4, -0.2) is 42.8 Å². The van der Waals surface area contributed by atoms with Gasteiger partial charge in [-0.15, -0.1) is 11.3 Å². The van der Waals surface area contributed by atoms with Gasteiger partial charge >= 0.3 is 0 Å². The van der Waals surface area contributed by atoms with Crippen LogP contribution in [-0.2, 0) is 9.59 Å². The van der Waals surface area contributed by atoms with E-state index in [0.717, 1.165) is 11.8 Å². The van der Waals surface area contributed by atoms with Gasteiger partial charge in [0, 0.05) is 36.2 Å². The van der Waals surface area contributed by atoms with Gasteiger partial charge in [-0.05, 0) is 18.2 Å². The quantitative estimate of drug-likeness (QED) is 0.517. The monoisotopic (exact) mass is 407 g/mol. The number of hydrogen-bond acceptors (Lipinski definition) is 8. The van der Waals surface area contributed by atoms with Crippen molar-refractivity contribution in [1.29, 1.82) is 0 Å². The smallest absolute Gasteiger partial charge is 0.266 e. The van der Waals surface area contributed by atoms with E-state index in [1.807, 2.05) is 0 Å². The highest BCUT2D eigenvalue weighted by Crippen LogP contribution is 2.34. The first-order valence-electron chi connectivity index (χ1n) is 7.41. The molecule has 2 aromatic rings. The molecule has 0 unspecified atom stereocenters. The summed E-state index contributed by atoms with van der Waals surface area (Å²) in [4.78, 5) is 30.1. The van der Waals surface area contributed by atoms with Crippen molar-refractivity contribution in [3.8, 4) is 11.5 Å². The molecule has 1 saturated heterocycles. The molecule has 7 nitrogen and oxygen atoms in total. The van der Waals surface area contributed by atoms with Crippen molar-refractivity contribution in [3.05, 3.63) is 40.2 Å². The summed E-state index contributed by atoms with van der Waals surface area (Å²) in [5.41, 5.74) is 0.393. The molecule has 26 heavy (non-hydrogen) atoms. The van der Waals surface area contributed by atoms with Crippen molar-refractivity contribution in [2.45, 2.75) is 6.42 Å². The second-order valence-corrected chi connectivity index (χ2v) is 7.78. The first kappa shape index (κ1) is 18.4. The van der Waals surface area contributed by atoms with E-state index in [0.29, 0.717) is 19.9 Å². The summed E-state index contributed by atoms with van der Waals surface area (Å²) in [5.74, 6) is -0.791. The summed E-state index contributed by atoms with van der Waals surface area (Å²) in [6.07, 6.45) is 3.18. The largest absolute Gasteiger partial charge is 0.508 e.